The molecular formula is C19H12ClNO3S. The van der Waals surface area contributed by atoms with Crippen molar-refractivity contribution in [2.45, 2.75) is 6.42 Å². The van der Waals surface area contributed by atoms with Crippen molar-refractivity contribution in [1.29, 1.82) is 0 Å². The Labute approximate surface area is 152 Å². The van der Waals surface area contributed by atoms with E-state index in [1.807, 2.05) is 30.3 Å². The lowest BCUT2D eigenvalue weighted by Crippen LogP contribution is -2.00. The second-order valence-corrected chi connectivity index (χ2v) is 7.04. The SMILES string of the molecule is O=C(O)Cc1oc(-c2cc3ccccc3s2)nc1-c1ccc(Cl)cc1. The molecule has 0 unspecified atom stereocenters. The highest BCUT2D eigenvalue weighted by atomic mass is 35.5. The third-order valence-corrected chi connectivity index (χ3v) is 5.12. The Morgan fingerprint density at radius 3 is 2.64 bits per heavy atom. The summed E-state index contributed by atoms with van der Waals surface area (Å²) in [6.45, 7) is 0. The molecule has 4 aromatic rings. The number of carboxylic acids is 1. The van der Waals surface area contributed by atoms with Gasteiger partial charge in [0.25, 0.3) is 0 Å². The lowest BCUT2D eigenvalue weighted by Gasteiger charge is -1.99. The van der Waals surface area contributed by atoms with Crippen LogP contribution in [0.5, 0.6) is 0 Å². The van der Waals surface area contributed by atoms with E-state index in [0.29, 0.717) is 22.4 Å². The van der Waals surface area contributed by atoms with Gasteiger partial charge in [0, 0.05) is 15.3 Å². The van der Waals surface area contributed by atoms with E-state index in [0.717, 1.165) is 20.5 Å². The number of aliphatic carboxylic acids is 1. The molecule has 0 aliphatic heterocycles. The molecule has 0 fully saturated rings. The molecule has 6 heteroatoms. The van der Waals surface area contributed by atoms with Gasteiger partial charge in [-0.05, 0) is 29.7 Å². The van der Waals surface area contributed by atoms with Gasteiger partial charge in [-0.3, -0.25) is 4.79 Å². The monoisotopic (exact) mass is 369 g/mol. The maximum absolute atomic E-state index is 11.2. The first-order chi connectivity index (χ1) is 12.1. The number of hydrogen-bond acceptors (Lipinski definition) is 4. The first-order valence-corrected chi connectivity index (χ1v) is 8.76. The number of carbonyl (C=O) groups is 1. The lowest BCUT2D eigenvalue weighted by molar-refractivity contribution is -0.136. The second-order valence-electron chi connectivity index (χ2n) is 5.52. The molecule has 2 aromatic heterocycles. The minimum absolute atomic E-state index is 0.226. The molecule has 0 radical (unpaired) electrons. The highest BCUT2D eigenvalue weighted by molar-refractivity contribution is 7.22. The van der Waals surface area contributed by atoms with Crippen molar-refractivity contribution in [1.82, 2.24) is 4.98 Å². The Morgan fingerprint density at radius 2 is 1.92 bits per heavy atom. The average Bonchev–Trinajstić information content (AvgIpc) is 3.19. The van der Waals surface area contributed by atoms with Gasteiger partial charge in [-0.15, -0.1) is 11.3 Å². The number of oxazole rings is 1. The van der Waals surface area contributed by atoms with Gasteiger partial charge < -0.3 is 9.52 Å². The van der Waals surface area contributed by atoms with Crippen molar-refractivity contribution in [3.05, 3.63) is 65.4 Å². The molecule has 1 N–H and O–H groups in total. The van der Waals surface area contributed by atoms with Gasteiger partial charge >= 0.3 is 5.97 Å². The predicted octanol–water partition coefficient (Wildman–Crippen LogP) is 5.50. The van der Waals surface area contributed by atoms with Crippen LogP contribution >= 0.6 is 22.9 Å². The van der Waals surface area contributed by atoms with E-state index in [4.69, 9.17) is 16.0 Å². The number of rotatable bonds is 4. The Morgan fingerprint density at radius 1 is 1.16 bits per heavy atom. The highest BCUT2D eigenvalue weighted by Crippen LogP contribution is 2.36. The summed E-state index contributed by atoms with van der Waals surface area (Å²) >= 11 is 7.50. The molecule has 0 atom stereocenters. The molecule has 0 saturated heterocycles. The summed E-state index contributed by atoms with van der Waals surface area (Å²) in [6, 6.07) is 17.1. The Kier molecular flexibility index (Phi) is 4.03. The van der Waals surface area contributed by atoms with Gasteiger partial charge in [-0.2, -0.15) is 0 Å². The van der Waals surface area contributed by atoms with Crippen LogP contribution in [-0.4, -0.2) is 16.1 Å². The number of hydrogen-bond donors (Lipinski definition) is 1. The number of fused-ring (bicyclic) bond motifs is 1. The molecule has 4 rings (SSSR count). The number of thiophene rings is 1. The van der Waals surface area contributed by atoms with Crippen molar-refractivity contribution < 1.29 is 14.3 Å². The van der Waals surface area contributed by atoms with Crippen molar-refractivity contribution in [2.24, 2.45) is 0 Å². The van der Waals surface area contributed by atoms with Crippen LogP contribution in [0.2, 0.25) is 5.02 Å². The predicted molar refractivity (Wildman–Crippen MR) is 99.1 cm³/mol. The van der Waals surface area contributed by atoms with Crippen molar-refractivity contribution in [3.8, 4) is 22.0 Å². The molecule has 0 saturated carbocycles. The zero-order valence-corrected chi connectivity index (χ0v) is 14.5. The molecule has 0 spiro atoms. The van der Waals surface area contributed by atoms with Crippen LogP contribution in [0.1, 0.15) is 5.76 Å². The third-order valence-electron chi connectivity index (χ3n) is 3.76. The third kappa shape index (κ3) is 3.16. The van der Waals surface area contributed by atoms with Gasteiger partial charge in [-0.1, -0.05) is 41.9 Å². The van der Waals surface area contributed by atoms with Crippen molar-refractivity contribution in [2.75, 3.05) is 0 Å². The van der Waals surface area contributed by atoms with Crippen LogP contribution < -0.4 is 0 Å². The number of carboxylic acid groups (broad SMARTS) is 1. The van der Waals surface area contributed by atoms with E-state index < -0.39 is 5.97 Å². The maximum atomic E-state index is 11.2. The standard InChI is InChI=1S/C19H12ClNO3S/c20-13-7-5-11(6-8-13)18-14(10-17(22)23)24-19(21-18)16-9-12-3-1-2-4-15(12)25-16/h1-9H,10H2,(H,22,23). The number of nitrogens with zero attached hydrogens (tertiary/aromatic N) is 1. The average molecular weight is 370 g/mol. The molecular weight excluding hydrogens is 358 g/mol. The van der Waals surface area contributed by atoms with E-state index in [1.54, 1.807) is 35.6 Å². The molecule has 124 valence electrons. The molecule has 4 nitrogen and oxygen atoms in total. The Hall–Kier alpha value is -2.63. The van der Waals surface area contributed by atoms with Gasteiger partial charge in [0.2, 0.25) is 5.89 Å². The van der Waals surface area contributed by atoms with Gasteiger partial charge in [0.1, 0.15) is 17.9 Å². The molecule has 0 aliphatic carbocycles. The number of aromatic nitrogens is 1. The molecule has 0 aliphatic rings. The zero-order chi connectivity index (χ0) is 17.4. The Bertz CT molecular complexity index is 1030. The van der Waals surface area contributed by atoms with E-state index >= 15 is 0 Å². The summed E-state index contributed by atoms with van der Waals surface area (Å²) in [7, 11) is 0. The number of halogens is 1. The molecule has 2 heterocycles. The first kappa shape index (κ1) is 15.9. The maximum Gasteiger partial charge on any atom is 0.311 e. The summed E-state index contributed by atoms with van der Waals surface area (Å²) in [5, 5.41) is 10.9. The minimum atomic E-state index is -0.964. The minimum Gasteiger partial charge on any atom is -0.481 e. The summed E-state index contributed by atoms with van der Waals surface area (Å²) in [5.74, 6) is -0.195. The quantitative estimate of drug-likeness (QED) is 0.515. The fourth-order valence-corrected chi connectivity index (χ4v) is 3.75. The highest BCUT2D eigenvalue weighted by Gasteiger charge is 2.20. The summed E-state index contributed by atoms with van der Waals surface area (Å²) in [4.78, 5) is 16.6. The van der Waals surface area contributed by atoms with E-state index in [2.05, 4.69) is 4.98 Å². The van der Waals surface area contributed by atoms with Gasteiger partial charge in [0.15, 0.2) is 0 Å². The fourth-order valence-electron chi connectivity index (χ4n) is 2.63. The van der Waals surface area contributed by atoms with Gasteiger partial charge in [-0.25, -0.2) is 4.98 Å². The molecule has 0 amide bonds. The van der Waals surface area contributed by atoms with Crippen molar-refractivity contribution in [3.63, 3.8) is 0 Å². The van der Waals surface area contributed by atoms with Crippen LogP contribution in [0.15, 0.2) is 59.0 Å². The van der Waals surface area contributed by atoms with Crippen LogP contribution in [0.25, 0.3) is 32.1 Å². The molecule has 0 bridgehead atoms. The summed E-state index contributed by atoms with van der Waals surface area (Å²) < 4.78 is 6.94. The molecule has 25 heavy (non-hydrogen) atoms. The summed E-state index contributed by atoms with van der Waals surface area (Å²) in [6.07, 6.45) is -0.226. The second kappa shape index (κ2) is 6.35. The van der Waals surface area contributed by atoms with Crippen LogP contribution in [0.3, 0.4) is 0 Å². The van der Waals surface area contributed by atoms with E-state index in [1.165, 1.54) is 0 Å². The summed E-state index contributed by atoms with van der Waals surface area (Å²) in [5.41, 5.74) is 1.31. The van der Waals surface area contributed by atoms with Crippen LogP contribution in [-0.2, 0) is 11.2 Å². The number of benzene rings is 2. The first-order valence-electron chi connectivity index (χ1n) is 7.56. The smallest absolute Gasteiger partial charge is 0.311 e. The van der Waals surface area contributed by atoms with Crippen molar-refractivity contribution >= 4 is 39.0 Å². The largest absolute Gasteiger partial charge is 0.481 e. The Balaban J connectivity index is 1.83. The van der Waals surface area contributed by atoms with E-state index in [9.17, 15) is 9.90 Å². The topological polar surface area (TPSA) is 63.3 Å². The van der Waals surface area contributed by atoms with Crippen LogP contribution in [0.4, 0.5) is 0 Å². The van der Waals surface area contributed by atoms with Crippen LogP contribution in [0, 0.1) is 0 Å². The lowest BCUT2D eigenvalue weighted by atomic mass is 10.1. The molecule has 2 aromatic carbocycles. The fraction of sp³-hybridized carbons (Fsp3) is 0.0526. The van der Waals surface area contributed by atoms with E-state index in [-0.39, 0.29) is 6.42 Å². The normalized spacial score (nSPS) is 11.1. The van der Waals surface area contributed by atoms with Gasteiger partial charge in [0.05, 0.1) is 4.88 Å². The zero-order valence-electron chi connectivity index (χ0n) is 12.9.